The molecule has 0 radical (unpaired) electrons. The molecule has 1 saturated heterocycles. The van der Waals surface area contributed by atoms with Gasteiger partial charge in [0.25, 0.3) is 0 Å². The summed E-state index contributed by atoms with van der Waals surface area (Å²) in [7, 11) is -3.60. The number of rotatable bonds is 4. The third kappa shape index (κ3) is 3.56. The molecule has 0 unspecified atom stereocenters. The van der Waals surface area contributed by atoms with E-state index in [1.165, 1.54) is 10.4 Å². The van der Waals surface area contributed by atoms with Crippen LogP contribution in [0.4, 0.5) is 0 Å². The number of sulfonamides is 1. The van der Waals surface area contributed by atoms with Crippen molar-refractivity contribution in [2.75, 3.05) is 19.7 Å². The van der Waals surface area contributed by atoms with E-state index in [4.69, 9.17) is 16.3 Å². The average molecular weight is 332 g/mol. The van der Waals surface area contributed by atoms with Crippen molar-refractivity contribution in [2.45, 2.75) is 24.7 Å². The zero-order valence-corrected chi connectivity index (χ0v) is 13.4. The summed E-state index contributed by atoms with van der Waals surface area (Å²) in [6.45, 7) is 2.71. The number of nitrogens with zero attached hydrogens (tertiary/aromatic N) is 1. The lowest BCUT2D eigenvalue weighted by atomic mass is 9.98. The number of halogens is 1. The molecule has 0 N–H and O–H groups in total. The molecule has 1 heterocycles. The molecule has 0 saturated carbocycles. The molecule has 116 valence electrons. The Morgan fingerprint density at radius 1 is 1.33 bits per heavy atom. The highest BCUT2D eigenvalue weighted by atomic mass is 35.5. The van der Waals surface area contributed by atoms with E-state index < -0.39 is 10.0 Å². The number of benzene rings is 1. The molecular formula is C14H18ClNO4S. The molecule has 0 atom stereocenters. The third-order valence-electron chi connectivity index (χ3n) is 3.53. The Morgan fingerprint density at radius 2 is 1.95 bits per heavy atom. The summed E-state index contributed by atoms with van der Waals surface area (Å²) in [5, 5.41) is 0.213. The second-order valence-electron chi connectivity index (χ2n) is 4.86. The molecule has 0 aliphatic carbocycles. The third-order valence-corrected chi connectivity index (χ3v) is 5.93. The maximum absolute atomic E-state index is 12.5. The molecule has 1 fully saturated rings. The number of carbonyl (C=O) groups is 1. The summed E-state index contributed by atoms with van der Waals surface area (Å²) < 4.78 is 31.4. The first-order chi connectivity index (χ1) is 9.96. The molecule has 0 bridgehead atoms. The van der Waals surface area contributed by atoms with E-state index in [9.17, 15) is 13.2 Å². The van der Waals surface area contributed by atoms with Gasteiger partial charge in [0.15, 0.2) is 0 Å². The Labute approximate surface area is 129 Å². The standard InChI is InChI=1S/C14H18ClNO4S/c1-2-20-14(17)11-7-9-16(10-8-11)21(18,19)13-6-4-3-5-12(13)15/h3-6,11H,2,7-10H2,1H3. The van der Waals surface area contributed by atoms with Gasteiger partial charge in [0.2, 0.25) is 10.0 Å². The minimum Gasteiger partial charge on any atom is -0.466 e. The molecule has 0 spiro atoms. The van der Waals surface area contributed by atoms with Gasteiger partial charge in [-0.25, -0.2) is 8.42 Å². The molecule has 1 aliphatic rings. The highest BCUT2D eigenvalue weighted by Gasteiger charge is 2.33. The molecule has 0 aromatic heterocycles. The topological polar surface area (TPSA) is 63.7 Å². The Bertz CT molecular complexity index is 609. The van der Waals surface area contributed by atoms with E-state index in [1.54, 1.807) is 25.1 Å². The van der Waals surface area contributed by atoms with Crippen LogP contribution in [0.3, 0.4) is 0 Å². The van der Waals surface area contributed by atoms with E-state index in [-0.39, 0.29) is 21.8 Å². The van der Waals surface area contributed by atoms with Crippen LogP contribution in [0.5, 0.6) is 0 Å². The summed E-state index contributed by atoms with van der Waals surface area (Å²) in [4.78, 5) is 11.8. The smallest absolute Gasteiger partial charge is 0.309 e. The van der Waals surface area contributed by atoms with Crippen LogP contribution in [-0.4, -0.2) is 38.4 Å². The number of carbonyl (C=O) groups excluding carboxylic acids is 1. The fraction of sp³-hybridized carbons (Fsp3) is 0.500. The summed E-state index contributed by atoms with van der Waals surface area (Å²) >= 11 is 5.97. The van der Waals surface area contributed by atoms with Crippen LogP contribution in [0.1, 0.15) is 19.8 Å². The monoisotopic (exact) mass is 331 g/mol. The van der Waals surface area contributed by atoms with Gasteiger partial charge in [-0.15, -0.1) is 0 Å². The number of ether oxygens (including phenoxy) is 1. The largest absolute Gasteiger partial charge is 0.466 e. The van der Waals surface area contributed by atoms with Gasteiger partial charge in [0.1, 0.15) is 4.90 Å². The van der Waals surface area contributed by atoms with Gasteiger partial charge in [0.05, 0.1) is 17.5 Å². The van der Waals surface area contributed by atoms with Crippen molar-refractivity contribution >= 4 is 27.6 Å². The summed E-state index contributed by atoms with van der Waals surface area (Å²) in [5.74, 6) is -0.463. The lowest BCUT2D eigenvalue weighted by Gasteiger charge is -2.30. The molecule has 7 heteroatoms. The maximum atomic E-state index is 12.5. The predicted octanol–water partition coefficient (Wildman–Crippen LogP) is 2.30. The second-order valence-corrected chi connectivity index (χ2v) is 7.17. The van der Waals surface area contributed by atoms with Crippen LogP contribution < -0.4 is 0 Å². The Morgan fingerprint density at radius 3 is 2.52 bits per heavy atom. The van der Waals surface area contributed by atoms with Crippen LogP contribution >= 0.6 is 11.6 Å². The van der Waals surface area contributed by atoms with Gasteiger partial charge in [-0.3, -0.25) is 4.79 Å². The summed E-state index contributed by atoms with van der Waals surface area (Å²) in [6, 6.07) is 6.38. The lowest BCUT2D eigenvalue weighted by molar-refractivity contribution is -0.149. The molecule has 21 heavy (non-hydrogen) atoms. The Hall–Kier alpha value is -1.11. The zero-order chi connectivity index (χ0) is 15.5. The van der Waals surface area contributed by atoms with E-state index in [0.717, 1.165) is 0 Å². The van der Waals surface area contributed by atoms with Crippen LogP contribution in [0.25, 0.3) is 0 Å². The molecule has 1 aromatic rings. The van der Waals surface area contributed by atoms with Gasteiger partial charge in [0, 0.05) is 13.1 Å². The molecule has 2 rings (SSSR count). The molecule has 5 nitrogen and oxygen atoms in total. The van der Waals surface area contributed by atoms with Gasteiger partial charge in [-0.05, 0) is 31.9 Å². The van der Waals surface area contributed by atoms with E-state index >= 15 is 0 Å². The van der Waals surface area contributed by atoms with Crippen LogP contribution in [-0.2, 0) is 19.6 Å². The molecule has 1 aliphatic heterocycles. The normalized spacial score (nSPS) is 17.6. The Balaban J connectivity index is 2.08. The van der Waals surface area contributed by atoms with Crippen LogP contribution in [0.2, 0.25) is 5.02 Å². The summed E-state index contributed by atoms with van der Waals surface area (Å²) in [6.07, 6.45) is 0.949. The average Bonchev–Trinajstić information content (AvgIpc) is 2.48. The second kappa shape index (κ2) is 6.77. The van der Waals surface area contributed by atoms with Crippen molar-refractivity contribution in [2.24, 2.45) is 5.92 Å². The highest BCUT2D eigenvalue weighted by molar-refractivity contribution is 7.89. The number of piperidine rings is 1. The van der Waals surface area contributed by atoms with Crippen molar-refractivity contribution in [3.63, 3.8) is 0 Å². The quantitative estimate of drug-likeness (QED) is 0.794. The minimum absolute atomic E-state index is 0.112. The number of hydrogen-bond donors (Lipinski definition) is 0. The fourth-order valence-corrected chi connectivity index (χ4v) is 4.35. The molecular weight excluding hydrogens is 314 g/mol. The SMILES string of the molecule is CCOC(=O)C1CCN(S(=O)(=O)c2ccccc2Cl)CC1. The highest BCUT2D eigenvalue weighted by Crippen LogP contribution is 2.28. The van der Waals surface area contributed by atoms with Crippen molar-refractivity contribution in [3.8, 4) is 0 Å². The van der Waals surface area contributed by atoms with Crippen LogP contribution in [0, 0.1) is 5.92 Å². The summed E-state index contributed by atoms with van der Waals surface area (Å²) in [5.41, 5.74) is 0. The van der Waals surface area contributed by atoms with E-state index in [2.05, 4.69) is 0 Å². The Kier molecular flexibility index (Phi) is 5.24. The minimum atomic E-state index is -3.60. The van der Waals surface area contributed by atoms with E-state index in [1.807, 2.05) is 0 Å². The van der Waals surface area contributed by atoms with Crippen molar-refractivity contribution in [3.05, 3.63) is 29.3 Å². The first-order valence-electron chi connectivity index (χ1n) is 6.88. The van der Waals surface area contributed by atoms with Gasteiger partial charge < -0.3 is 4.74 Å². The van der Waals surface area contributed by atoms with E-state index in [0.29, 0.717) is 32.5 Å². The van der Waals surface area contributed by atoms with Crippen molar-refractivity contribution in [1.29, 1.82) is 0 Å². The maximum Gasteiger partial charge on any atom is 0.309 e. The fourth-order valence-electron chi connectivity index (χ4n) is 2.38. The van der Waals surface area contributed by atoms with Crippen molar-refractivity contribution in [1.82, 2.24) is 4.31 Å². The van der Waals surface area contributed by atoms with Gasteiger partial charge >= 0.3 is 5.97 Å². The first-order valence-corrected chi connectivity index (χ1v) is 8.70. The lowest BCUT2D eigenvalue weighted by Crippen LogP contribution is -2.40. The molecule has 0 amide bonds. The van der Waals surface area contributed by atoms with Gasteiger partial charge in [-0.2, -0.15) is 4.31 Å². The predicted molar refractivity (Wildman–Crippen MR) is 79.6 cm³/mol. The van der Waals surface area contributed by atoms with Gasteiger partial charge in [-0.1, -0.05) is 23.7 Å². The van der Waals surface area contributed by atoms with Crippen molar-refractivity contribution < 1.29 is 17.9 Å². The first kappa shape index (κ1) is 16.3. The number of esters is 1. The zero-order valence-electron chi connectivity index (χ0n) is 11.8. The van der Waals surface area contributed by atoms with Crippen LogP contribution in [0.15, 0.2) is 29.2 Å². The molecule has 1 aromatic carbocycles. The number of hydrogen-bond acceptors (Lipinski definition) is 4.